The lowest BCUT2D eigenvalue weighted by atomic mass is 9.88. The third-order valence-corrected chi connectivity index (χ3v) is 10.7. The molecule has 0 unspecified atom stereocenters. The molecule has 1 N–H and O–H groups in total. The third kappa shape index (κ3) is 6.14. The maximum atomic E-state index is 11.9. The van der Waals surface area contributed by atoms with Gasteiger partial charge in [0.2, 0.25) is 0 Å². The van der Waals surface area contributed by atoms with Gasteiger partial charge in [-0.2, -0.15) is 5.10 Å². The molecule has 0 radical (unpaired) electrons. The van der Waals surface area contributed by atoms with Crippen LogP contribution in [-0.4, -0.2) is 82.3 Å². The molecule has 2 saturated heterocycles. The van der Waals surface area contributed by atoms with E-state index in [0.29, 0.717) is 52.7 Å². The Balaban J connectivity index is 1.26. The SMILES string of the molecule is CC(C)c1ccc(N2C[C@H](CS(C)(=O)=O)[C@H]2C)c2cnc(Nc3ccnc(-c4cn([C@H]5CCN(C)[C@@H](C)C5)nc4Cl)n3)cc12. The van der Waals surface area contributed by atoms with E-state index in [9.17, 15) is 8.42 Å². The zero-order chi connectivity index (χ0) is 31.3. The molecule has 2 aliphatic heterocycles. The summed E-state index contributed by atoms with van der Waals surface area (Å²) in [5.41, 5.74) is 3.01. The molecule has 5 heterocycles. The number of piperidine rings is 1. The van der Waals surface area contributed by atoms with E-state index in [1.165, 1.54) is 11.8 Å². The molecule has 6 rings (SSSR count). The number of likely N-dealkylation sites (tertiary alicyclic amines) is 1. The number of benzene rings is 1. The lowest BCUT2D eigenvalue weighted by Gasteiger charge is -2.48. The van der Waals surface area contributed by atoms with Gasteiger partial charge in [0, 0.05) is 67.0 Å². The molecular weight excluding hydrogens is 596 g/mol. The van der Waals surface area contributed by atoms with Crippen molar-refractivity contribution in [1.82, 2.24) is 29.6 Å². The van der Waals surface area contributed by atoms with Gasteiger partial charge in [0.1, 0.15) is 21.5 Å². The fraction of sp³-hybridized carbons (Fsp3) is 0.500. The molecule has 4 aromatic rings. The lowest BCUT2D eigenvalue weighted by Crippen LogP contribution is -2.57. The van der Waals surface area contributed by atoms with E-state index in [4.69, 9.17) is 21.6 Å². The van der Waals surface area contributed by atoms with E-state index in [2.05, 4.69) is 78.1 Å². The van der Waals surface area contributed by atoms with E-state index < -0.39 is 9.84 Å². The van der Waals surface area contributed by atoms with Crippen LogP contribution in [0.3, 0.4) is 0 Å². The van der Waals surface area contributed by atoms with Gasteiger partial charge >= 0.3 is 0 Å². The topological polar surface area (TPSA) is 109 Å². The van der Waals surface area contributed by atoms with Gasteiger partial charge in [0.25, 0.3) is 0 Å². The molecular formula is C32H41ClN8O2S. The summed E-state index contributed by atoms with van der Waals surface area (Å²) in [6.07, 6.45) is 8.93. The van der Waals surface area contributed by atoms with Crippen molar-refractivity contribution < 1.29 is 8.42 Å². The molecule has 2 fully saturated rings. The Kier molecular flexibility index (Phi) is 8.32. The van der Waals surface area contributed by atoms with E-state index >= 15 is 0 Å². The van der Waals surface area contributed by atoms with Gasteiger partial charge in [-0.3, -0.25) is 4.68 Å². The van der Waals surface area contributed by atoms with Crippen LogP contribution in [0, 0.1) is 5.92 Å². The van der Waals surface area contributed by atoms with Crippen LogP contribution >= 0.6 is 11.6 Å². The highest BCUT2D eigenvalue weighted by atomic mass is 35.5. The molecule has 3 aromatic heterocycles. The van der Waals surface area contributed by atoms with Crippen LogP contribution in [0.1, 0.15) is 58.1 Å². The third-order valence-electron chi connectivity index (χ3n) is 9.36. The van der Waals surface area contributed by atoms with Gasteiger partial charge in [-0.1, -0.05) is 31.5 Å². The predicted molar refractivity (Wildman–Crippen MR) is 178 cm³/mol. The zero-order valence-electron chi connectivity index (χ0n) is 26.2. The van der Waals surface area contributed by atoms with Gasteiger partial charge in [0.05, 0.1) is 17.4 Å². The Hall–Kier alpha value is -3.28. The standard InChI is InChI=1S/C32H41ClN8O2S/c1-19(2)24-7-8-28(40-16-22(21(40)4)18-44(6,42)43)26-15-35-30(14-25(24)26)36-29-9-11-34-32(37-29)27-17-41(38-31(27)33)23-10-12-39(5)20(3)13-23/h7-9,11,14-15,17,19-23H,10,12-13,16,18H2,1-6H3,(H,34,35,36,37)/t20-,21+,22+,23-/m0/s1. The highest BCUT2D eigenvalue weighted by Crippen LogP contribution is 2.40. The fourth-order valence-corrected chi connectivity index (χ4v) is 7.94. The number of nitrogens with zero attached hydrogens (tertiary/aromatic N) is 7. The summed E-state index contributed by atoms with van der Waals surface area (Å²) in [5.74, 6) is 2.44. The molecule has 10 nitrogen and oxygen atoms in total. The number of pyridine rings is 1. The summed E-state index contributed by atoms with van der Waals surface area (Å²) in [7, 11) is -0.861. The van der Waals surface area contributed by atoms with E-state index in [-0.39, 0.29) is 17.7 Å². The number of aromatic nitrogens is 5. The van der Waals surface area contributed by atoms with Crippen LogP contribution in [0.2, 0.25) is 5.15 Å². The van der Waals surface area contributed by atoms with Crippen LogP contribution < -0.4 is 10.2 Å². The van der Waals surface area contributed by atoms with Crippen molar-refractivity contribution in [2.75, 3.05) is 42.4 Å². The van der Waals surface area contributed by atoms with Crippen molar-refractivity contribution in [3.8, 4) is 11.4 Å². The molecule has 44 heavy (non-hydrogen) atoms. The van der Waals surface area contributed by atoms with Crippen molar-refractivity contribution in [2.24, 2.45) is 5.92 Å². The van der Waals surface area contributed by atoms with Gasteiger partial charge in [-0.05, 0) is 68.8 Å². The van der Waals surface area contributed by atoms with Gasteiger partial charge in [0.15, 0.2) is 11.0 Å². The molecule has 4 atom stereocenters. The monoisotopic (exact) mass is 636 g/mol. The number of halogens is 1. The number of anilines is 3. The first-order valence-electron chi connectivity index (χ1n) is 15.3. The summed E-state index contributed by atoms with van der Waals surface area (Å²) in [5, 5.41) is 10.6. The molecule has 234 valence electrons. The number of hydrogen-bond donors (Lipinski definition) is 1. The second kappa shape index (κ2) is 11.9. The first-order valence-corrected chi connectivity index (χ1v) is 17.7. The minimum atomic E-state index is -3.02. The molecule has 2 aliphatic rings. The smallest absolute Gasteiger partial charge is 0.166 e. The summed E-state index contributed by atoms with van der Waals surface area (Å²) in [6, 6.07) is 9.12. The molecule has 0 spiro atoms. The fourth-order valence-electron chi connectivity index (χ4n) is 6.56. The Bertz CT molecular complexity index is 1790. The van der Waals surface area contributed by atoms with Crippen molar-refractivity contribution in [3.05, 3.63) is 53.6 Å². The van der Waals surface area contributed by atoms with E-state index in [0.717, 1.165) is 35.8 Å². The van der Waals surface area contributed by atoms with Crippen molar-refractivity contribution in [3.63, 3.8) is 0 Å². The maximum absolute atomic E-state index is 11.9. The Morgan fingerprint density at radius 1 is 1.11 bits per heavy atom. The van der Waals surface area contributed by atoms with Crippen LogP contribution in [0.15, 0.2) is 42.9 Å². The Labute approximate surface area is 264 Å². The average molecular weight is 637 g/mol. The Morgan fingerprint density at radius 2 is 1.91 bits per heavy atom. The summed E-state index contributed by atoms with van der Waals surface area (Å²) >= 11 is 6.61. The van der Waals surface area contributed by atoms with Crippen LogP contribution in [0.5, 0.6) is 0 Å². The molecule has 12 heteroatoms. The maximum Gasteiger partial charge on any atom is 0.166 e. The first-order chi connectivity index (χ1) is 20.9. The number of sulfone groups is 1. The van der Waals surface area contributed by atoms with Gasteiger partial charge < -0.3 is 15.1 Å². The average Bonchev–Trinajstić information content (AvgIpc) is 3.37. The molecule has 1 aromatic carbocycles. The number of fused-ring (bicyclic) bond motifs is 1. The number of nitrogens with one attached hydrogen (secondary N) is 1. The van der Waals surface area contributed by atoms with Gasteiger partial charge in [-0.15, -0.1) is 0 Å². The lowest BCUT2D eigenvalue weighted by molar-refractivity contribution is 0.151. The van der Waals surface area contributed by atoms with Crippen molar-refractivity contribution in [1.29, 1.82) is 0 Å². The van der Waals surface area contributed by atoms with Crippen LogP contribution in [0.4, 0.5) is 17.3 Å². The molecule has 0 bridgehead atoms. The molecule has 0 saturated carbocycles. The Morgan fingerprint density at radius 3 is 2.61 bits per heavy atom. The number of hydrogen-bond acceptors (Lipinski definition) is 9. The second-order valence-corrected chi connectivity index (χ2v) is 15.4. The van der Waals surface area contributed by atoms with Gasteiger partial charge in [-0.25, -0.2) is 23.4 Å². The van der Waals surface area contributed by atoms with E-state index in [1.807, 2.05) is 23.1 Å². The minimum absolute atomic E-state index is 0.124. The second-order valence-electron chi connectivity index (χ2n) is 12.9. The van der Waals surface area contributed by atoms with Crippen LogP contribution in [-0.2, 0) is 9.84 Å². The normalized spacial score (nSPS) is 22.9. The quantitative estimate of drug-likeness (QED) is 0.252. The van der Waals surface area contributed by atoms with Crippen LogP contribution in [0.25, 0.3) is 22.2 Å². The first kappa shape index (κ1) is 30.7. The number of rotatable bonds is 8. The molecule has 0 aliphatic carbocycles. The summed E-state index contributed by atoms with van der Waals surface area (Å²) in [6.45, 7) is 10.4. The minimum Gasteiger partial charge on any atom is -0.368 e. The zero-order valence-corrected chi connectivity index (χ0v) is 27.8. The summed E-state index contributed by atoms with van der Waals surface area (Å²) in [4.78, 5) is 18.7. The largest absolute Gasteiger partial charge is 0.368 e. The van der Waals surface area contributed by atoms with E-state index in [1.54, 1.807) is 6.20 Å². The van der Waals surface area contributed by atoms with Crippen molar-refractivity contribution in [2.45, 2.75) is 64.6 Å². The molecule has 0 amide bonds. The predicted octanol–water partition coefficient (Wildman–Crippen LogP) is 5.93. The van der Waals surface area contributed by atoms with Crippen molar-refractivity contribution >= 4 is 49.5 Å². The highest BCUT2D eigenvalue weighted by molar-refractivity contribution is 7.90. The highest BCUT2D eigenvalue weighted by Gasteiger charge is 2.38. The summed E-state index contributed by atoms with van der Waals surface area (Å²) < 4.78 is 25.8.